The second-order valence-electron chi connectivity index (χ2n) is 14.0. The first-order chi connectivity index (χ1) is 27.6. The van der Waals surface area contributed by atoms with E-state index >= 15 is 0 Å². The summed E-state index contributed by atoms with van der Waals surface area (Å²) in [6.45, 7) is 2.14. The maximum Gasteiger partial charge on any atom is 0.116 e. The number of phenols is 1. The Bertz CT molecular complexity index is 2790. The minimum atomic E-state index is 0.207. The van der Waals surface area contributed by atoms with Crippen molar-refractivity contribution in [2.45, 2.75) is 6.92 Å². The van der Waals surface area contributed by atoms with E-state index in [1.165, 1.54) is 11.1 Å². The number of hydrogen-bond acceptors (Lipinski definition) is 3. The molecule has 0 saturated heterocycles. The molecule has 0 aliphatic rings. The van der Waals surface area contributed by atoms with Crippen molar-refractivity contribution in [3.63, 3.8) is 0 Å². The zero-order valence-corrected chi connectivity index (χ0v) is 31.0. The van der Waals surface area contributed by atoms with Crippen molar-refractivity contribution in [1.82, 2.24) is 9.97 Å². The maximum atomic E-state index is 11.3. The molecule has 0 unspecified atom stereocenters. The first-order valence-electron chi connectivity index (χ1n) is 18.9. The van der Waals surface area contributed by atoms with Gasteiger partial charge in [-0.15, -0.1) is 0 Å². The molecule has 3 nitrogen and oxygen atoms in total. The van der Waals surface area contributed by atoms with E-state index in [4.69, 9.17) is 9.97 Å². The van der Waals surface area contributed by atoms with Crippen molar-refractivity contribution in [3.8, 4) is 95.0 Å². The zero-order chi connectivity index (χ0) is 37.8. The van der Waals surface area contributed by atoms with Gasteiger partial charge >= 0.3 is 0 Å². The molecule has 9 aromatic rings. The fourth-order valence-corrected chi connectivity index (χ4v) is 7.63. The average Bonchev–Trinajstić information content (AvgIpc) is 3.27. The first-order valence-corrected chi connectivity index (χ1v) is 18.9. The van der Waals surface area contributed by atoms with Crippen LogP contribution in [0.3, 0.4) is 0 Å². The predicted molar refractivity (Wildman–Crippen MR) is 232 cm³/mol. The van der Waals surface area contributed by atoms with Gasteiger partial charge in [-0.3, -0.25) is 9.97 Å². The summed E-state index contributed by atoms with van der Waals surface area (Å²) in [5.74, 6) is 0.207. The van der Waals surface area contributed by atoms with Crippen LogP contribution in [-0.2, 0) is 0 Å². The molecular weight excluding hydrogens is 681 g/mol. The van der Waals surface area contributed by atoms with Crippen molar-refractivity contribution in [2.75, 3.05) is 0 Å². The molecule has 266 valence electrons. The molecule has 56 heavy (non-hydrogen) atoms. The molecule has 0 spiro atoms. The van der Waals surface area contributed by atoms with Gasteiger partial charge in [0, 0.05) is 34.6 Å². The van der Waals surface area contributed by atoms with E-state index in [9.17, 15) is 5.11 Å². The molecule has 0 bridgehead atoms. The monoisotopic (exact) mass is 718 g/mol. The second kappa shape index (κ2) is 15.2. The summed E-state index contributed by atoms with van der Waals surface area (Å²) < 4.78 is 0. The summed E-state index contributed by atoms with van der Waals surface area (Å²) >= 11 is 0. The Balaban J connectivity index is 1.08. The number of hydrogen-bond donors (Lipinski definition) is 1. The van der Waals surface area contributed by atoms with Crippen LogP contribution >= 0.6 is 0 Å². The fraction of sp³-hybridized carbons (Fsp3) is 0.0189. The molecule has 0 aliphatic carbocycles. The number of aromatic nitrogens is 2. The molecular formula is C53H38N2O. The van der Waals surface area contributed by atoms with Crippen molar-refractivity contribution in [3.05, 3.63) is 212 Å². The lowest BCUT2D eigenvalue weighted by Crippen LogP contribution is -1.93. The van der Waals surface area contributed by atoms with Crippen LogP contribution < -0.4 is 0 Å². The van der Waals surface area contributed by atoms with E-state index in [-0.39, 0.29) is 5.75 Å². The molecule has 0 fully saturated rings. The van der Waals surface area contributed by atoms with Crippen LogP contribution in [0, 0.1) is 6.92 Å². The molecule has 0 aliphatic heterocycles. The number of rotatable bonds is 8. The number of nitrogens with zero attached hydrogens (tertiary/aromatic N) is 2. The fourth-order valence-electron chi connectivity index (χ4n) is 7.63. The molecule has 0 radical (unpaired) electrons. The van der Waals surface area contributed by atoms with Gasteiger partial charge in [0.15, 0.2) is 0 Å². The van der Waals surface area contributed by atoms with E-state index in [0.717, 1.165) is 83.7 Å². The van der Waals surface area contributed by atoms with Gasteiger partial charge in [-0.25, -0.2) is 0 Å². The lowest BCUT2D eigenvalue weighted by molar-refractivity contribution is 0.476. The minimum Gasteiger partial charge on any atom is -0.508 e. The van der Waals surface area contributed by atoms with Crippen LogP contribution in [-0.4, -0.2) is 15.1 Å². The van der Waals surface area contributed by atoms with Gasteiger partial charge in [-0.1, -0.05) is 164 Å². The standard InChI is InChI=1S/C53H38N2O/c1-36-29-52(54-34-50(36)38-17-7-3-8-18-38)41-27-25-39(26-28-41)45-21-11-12-22-46(45)42-30-43(32-44(56)31-42)47-23-13-14-24-48(47)51-35-55-53(40-19-9-4-10-20-40)33-49(51)37-15-5-2-6-16-37/h2-35,56H,1H3. The van der Waals surface area contributed by atoms with Gasteiger partial charge in [-0.05, 0) is 98.5 Å². The third-order valence-electron chi connectivity index (χ3n) is 10.4. The van der Waals surface area contributed by atoms with E-state index in [1.807, 2.05) is 54.9 Å². The van der Waals surface area contributed by atoms with Crippen LogP contribution in [0.5, 0.6) is 5.75 Å². The van der Waals surface area contributed by atoms with E-state index < -0.39 is 0 Å². The van der Waals surface area contributed by atoms with Gasteiger partial charge in [0.05, 0.1) is 11.4 Å². The van der Waals surface area contributed by atoms with Crippen LogP contribution in [0.15, 0.2) is 207 Å². The third-order valence-corrected chi connectivity index (χ3v) is 10.4. The second-order valence-corrected chi connectivity index (χ2v) is 14.0. The minimum absolute atomic E-state index is 0.207. The molecule has 7 aromatic carbocycles. The highest BCUT2D eigenvalue weighted by Gasteiger charge is 2.17. The highest BCUT2D eigenvalue weighted by molar-refractivity contribution is 5.94. The lowest BCUT2D eigenvalue weighted by Gasteiger charge is -2.17. The molecule has 0 atom stereocenters. The summed E-state index contributed by atoms with van der Waals surface area (Å²) in [6, 6.07) is 66.8. The molecule has 0 amide bonds. The Morgan fingerprint density at radius 3 is 1.27 bits per heavy atom. The Kier molecular flexibility index (Phi) is 9.32. The quantitative estimate of drug-likeness (QED) is 0.170. The van der Waals surface area contributed by atoms with E-state index in [2.05, 4.69) is 159 Å². The first kappa shape index (κ1) is 34.4. The van der Waals surface area contributed by atoms with Crippen LogP contribution in [0.1, 0.15) is 5.56 Å². The maximum absolute atomic E-state index is 11.3. The predicted octanol–water partition coefficient (Wildman–Crippen LogP) is 13.8. The van der Waals surface area contributed by atoms with Crippen molar-refractivity contribution in [2.24, 2.45) is 0 Å². The smallest absolute Gasteiger partial charge is 0.116 e. The van der Waals surface area contributed by atoms with Crippen molar-refractivity contribution < 1.29 is 5.11 Å². The van der Waals surface area contributed by atoms with Crippen LogP contribution in [0.25, 0.3) is 89.3 Å². The average molecular weight is 719 g/mol. The summed E-state index contributed by atoms with van der Waals surface area (Å²) in [5.41, 5.74) is 17.8. The number of phenolic OH excluding ortho intramolecular Hbond substituents is 1. The van der Waals surface area contributed by atoms with Gasteiger partial charge in [0.2, 0.25) is 0 Å². The molecule has 9 rings (SSSR count). The zero-order valence-electron chi connectivity index (χ0n) is 31.0. The normalized spacial score (nSPS) is 11.0. The van der Waals surface area contributed by atoms with Crippen LogP contribution in [0.4, 0.5) is 0 Å². The van der Waals surface area contributed by atoms with Crippen molar-refractivity contribution in [1.29, 1.82) is 0 Å². The summed E-state index contributed by atoms with van der Waals surface area (Å²) in [5, 5.41) is 11.3. The Hall–Kier alpha value is -7.36. The topological polar surface area (TPSA) is 46.0 Å². The number of aryl methyl sites for hydroxylation is 1. The van der Waals surface area contributed by atoms with E-state index in [1.54, 1.807) is 0 Å². The molecule has 1 N–H and O–H groups in total. The number of pyridine rings is 2. The summed E-state index contributed by atoms with van der Waals surface area (Å²) in [4.78, 5) is 9.81. The highest BCUT2D eigenvalue weighted by Crippen LogP contribution is 2.42. The summed E-state index contributed by atoms with van der Waals surface area (Å²) in [7, 11) is 0. The van der Waals surface area contributed by atoms with Gasteiger partial charge in [-0.2, -0.15) is 0 Å². The Morgan fingerprint density at radius 2 is 0.696 bits per heavy atom. The van der Waals surface area contributed by atoms with Crippen molar-refractivity contribution >= 4 is 0 Å². The molecule has 2 aromatic heterocycles. The van der Waals surface area contributed by atoms with Crippen LogP contribution in [0.2, 0.25) is 0 Å². The molecule has 3 heteroatoms. The molecule has 0 saturated carbocycles. The number of benzene rings is 7. The lowest BCUT2D eigenvalue weighted by atomic mass is 9.88. The Morgan fingerprint density at radius 1 is 0.304 bits per heavy atom. The highest BCUT2D eigenvalue weighted by atomic mass is 16.3. The summed E-state index contributed by atoms with van der Waals surface area (Å²) in [6.07, 6.45) is 3.96. The van der Waals surface area contributed by atoms with E-state index in [0.29, 0.717) is 0 Å². The van der Waals surface area contributed by atoms with Gasteiger partial charge < -0.3 is 5.11 Å². The van der Waals surface area contributed by atoms with Gasteiger partial charge in [0.1, 0.15) is 5.75 Å². The Labute approximate surface area is 327 Å². The SMILES string of the molecule is Cc1cc(-c2ccc(-c3ccccc3-c3cc(O)cc(-c4ccccc4-c4cnc(-c5ccccc5)cc4-c4ccccc4)c3)cc2)ncc1-c1ccccc1. The molecule has 2 heterocycles. The largest absolute Gasteiger partial charge is 0.508 e. The third kappa shape index (κ3) is 6.90. The van der Waals surface area contributed by atoms with Gasteiger partial charge in [0.25, 0.3) is 0 Å². The number of aromatic hydroxyl groups is 1.